The molecule has 1 aliphatic heterocycles. The predicted molar refractivity (Wildman–Crippen MR) is 79.8 cm³/mol. The fraction of sp³-hybridized carbons (Fsp3) is 0.286. The number of aromatic nitrogens is 2. The van der Waals surface area contributed by atoms with Gasteiger partial charge in [-0.15, -0.1) is 0 Å². The lowest BCUT2D eigenvalue weighted by atomic mass is 10.3. The van der Waals surface area contributed by atoms with E-state index in [2.05, 4.69) is 15.7 Å². The second kappa shape index (κ2) is 6.26. The fourth-order valence-electron chi connectivity index (χ4n) is 2.15. The summed E-state index contributed by atoms with van der Waals surface area (Å²) in [4.78, 5) is 12.2. The van der Waals surface area contributed by atoms with Crippen molar-refractivity contribution in [3.8, 4) is 5.69 Å². The Bertz CT molecular complexity index is 637. The molecule has 1 aromatic heterocycles. The average molecular weight is 307 g/mol. The van der Waals surface area contributed by atoms with E-state index in [-0.39, 0.29) is 5.91 Å². The van der Waals surface area contributed by atoms with Crippen molar-refractivity contribution in [1.29, 1.82) is 0 Å². The van der Waals surface area contributed by atoms with Crippen molar-refractivity contribution in [3.63, 3.8) is 0 Å². The predicted octanol–water partition coefficient (Wildman–Crippen LogP) is 1.45. The van der Waals surface area contributed by atoms with Gasteiger partial charge in [-0.25, -0.2) is 4.68 Å². The van der Waals surface area contributed by atoms with Gasteiger partial charge in [0, 0.05) is 24.2 Å². The third-order valence-electron chi connectivity index (χ3n) is 3.17. The van der Waals surface area contributed by atoms with E-state index in [9.17, 15) is 4.79 Å². The summed E-state index contributed by atoms with van der Waals surface area (Å²) in [5, 5.41) is 10.8. The van der Waals surface area contributed by atoms with Gasteiger partial charge in [0.15, 0.2) is 0 Å². The molecule has 1 atom stereocenters. The number of carbonyl (C=O) groups is 1. The van der Waals surface area contributed by atoms with Gasteiger partial charge in [0.05, 0.1) is 18.5 Å². The van der Waals surface area contributed by atoms with E-state index in [0.29, 0.717) is 24.0 Å². The van der Waals surface area contributed by atoms with E-state index in [1.807, 2.05) is 12.1 Å². The highest BCUT2D eigenvalue weighted by Crippen LogP contribution is 2.18. The Kier molecular flexibility index (Phi) is 4.19. The molecule has 0 spiro atoms. The number of amides is 1. The summed E-state index contributed by atoms with van der Waals surface area (Å²) in [6.07, 6.45) is 1.14. The van der Waals surface area contributed by atoms with E-state index >= 15 is 0 Å². The van der Waals surface area contributed by atoms with Crippen LogP contribution in [-0.4, -0.2) is 41.5 Å². The van der Waals surface area contributed by atoms with Crippen LogP contribution in [0.5, 0.6) is 0 Å². The third-order valence-corrected chi connectivity index (χ3v) is 3.40. The molecule has 1 fully saturated rings. The van der Waals surface area contributed by atoms with Gasteiger partial charge in [0.25, 0.3) is 5.91 Å². The first-order chi connectivity index (χ1) is 10.2. The van der Waals surface area contributed by atoms with Crippen LogP contribution in [0, 0.1) is 0 Å². The molecule has 110 valence electrons. The van der Waals surface area contributed by atoms with E-state index in [1.54, 1.807) is 29.1 Å². The molecule has 1 aromatic carbocycles. The Morgan fingerprint density at radius 1 is 1.48 bits per heavy atom. The van der Waals surface area contributed by atoms with Crippen LogP contribution in [0.1, 0.15) is 0 Å². The number of nitrogens with one attached hydrogen (secondary N) is 2. The highest BCUT2D eigenvalue weighted by atomic mass is 35.5. The number of hydrogen-bond donors (Lipinski definition) is 2. The standard InChI is InChI=1S/C14H15ClN4O2/c15-10-2-1-3-11(8-10)19-13(4-5-17-19)18-14(20)12-9-16-6-7-21-12/h1-5,8,12,16H,6-7,9H2,(H,18,20). The van der Waals surface area contributed by atoms with E-state index in [4.69, 9.17) is 16.3 Å². The number of rotatable bonds is 3. The molecule has 21 heavy (non-hydrogen) atoms. The number of benzene rings is 1. The summed E-state index contributed by atoms with van der Waals surface area (Å²) < 4.78 is 7.05. The van der Waals surface area contributed by atoms with Crippen molar-refractivity contribution in [2.75, 3.05) is 25.0 Å². The van der Waals surface area contributed by atoms with Crippen molar-refractivity contribution in [2.24, 2.45) is 0 Å². The molecule has 2 N–H and O–H groups in total. The van der Waals surface area contributed by atoms with Crippen LogP contribution in [0.3, 0.4) is 0 Å². The SMILES string of the molecule is O=C(Nc1ccnn1-c1cccc(Cl)c1)C1CNCCO1. The molecule has 1 amide bonds. The zero-order valence-corrected chi connectivity index (χ0v) is 12.0. The second-order valence-corrected chi connectivity index (χ2v) is 5.10. The molecule has 6 nitrogen and oxygen atoms in total. The third kappa shape index (κ3) is 3.24. The highest BCUT2D eigenvalue weighted by Gasteiger charge is 2.22. The van der Waals surface area contributed by atoms with Crippen LogP contribution in [0.25, 0.3) is 5.69 Å². The molecular weight excluding hydrogens is 292 g/mol. The molecule has 1 saturated heterocycles. The van der Waals surface area contributed by atoms with Crippen LogP contribution in [0.4, 0.5) is 5.82 Å². The summed E-state index contributed by atoms with van der Waals surface area (Å²) in [5.41, 5.74) is 0.783. The fourth-order valence-corrected chi connectivity index (χ4v) is 2.34. The molecule has 2 aromatic rings. The van der Waals surface area contributed by atoms with Crippen LogP contribution in [0.2, 0.25) is 5.02 Å². The number of morpholine rings is 1. The summed E-state index contributed by atoms with van der Waals surface area (Å²) in [7, 11) is 0. The molecule has 0 radical (unpaired) electrons. The Morgan fingerprint density at radius 3 is 3.14 bits per heavy atom. The van der Waals surface area contributed by atoms with E-state index in [0.717, 1.165) is 12.2 Å². The summed E-state index contributed by atoms with van der Waals surface area (Å²) in [5.74, 6) is 0.391. The molecule has 1 aliphatic rings. The van der Waals surface area contributed by atoms with Crippen molar-refractivity contribution >= 4 is 23.3 Å². The lowest BCUT2D eigenvalue weighted by Crippen LogP contribution is -2.45. The minimum Gasteiger partial charge on any atom is -0.366 e. The lowest BCUT2D eigenvalue weighted by Gasteiger charge is -2.22. The van der Waals surface area contributed by atoms with Crippen molar-refractivity contribution in [1.82, 2.24) is 15.1 Å². The number of halogens is 1. The molecule has 7 heteroatoms. The smallest absolute Gasteiger partial charge is 0.255 e. The molecule has 1 unspecified atom stereocenters. The van der Waals surface area contributed by atoms with Gasteiger partial charge in [0.2, 0.25) is 0 Å². The topological polar surface area (TPSA) is 68.2 Å². The number of ether oxygens (including phenoxy) is 1. The van der Waals surface area contributed by atoms with Crippen molar-refractivity contribution < 1.29 is 9.53 Å². The maximum absolute atomic E-state index is 12.2. The summed E-state index contributed by atoms with van der Waals surface area (Å²) >= 11 is 5.98. The van der Waals surface area contributed by atoms with Crippen LogP contribution in [0.15, 0.2) is 36.5 Å². The van der Waals surface area contributed by atoms with Crippen molar-refractivity contribution in [3.05, 3.63) is 41.6 Å². The quantitative estimate of drug-likeness (QED) is 0.901. The maximum atomic E-state index is 12.2. The molecule has 0 saturated carbocycles. The molecule has 0 aliphatic carbocycles. The Morgan fingerprint density at radius 2 is 2.38 bits per heavy atom. The van der Waals surface area contributed by atoms with Crippen LogP contribution >= 0.6 is 11.6 Å². The van der Waals surface area contributed by atoms with Crippen LogP contribution < -0.4 is 10.6 Å². The first-order valence-corrected chi connectivity index (χ1v) is 7.05. The highest BCUT2D eigenvalue weighted by molar-refractivity contribution is 6.30. The largest absolute Gasteiger partial charge is 0.366 e. The van der Waals surface area contributed by atoms with Gasteiger partial charge in [0.1, 0.15) is 11.9 Å². The second-order valence-electron chi connectivity index (χ2n) is 4.66. The molecular formula is C14H15ClN4O2. The monoisotopic (exact) mass is 306 g/mol. The van der Waals surface area contributed by atoms with Gasteiger partial charge >= 0.3 is 0 Å². The number of hydrogen-bond acceptors (Lipinski definition) is 4. The Hall–Kier alpha value is -1.89. The maximum Gasteiger partial charge on any atom is 0.255 e. The molecule has 0 bridgehead atoms. The van der Waals surface area contributed by atoms with Gasteiger partial charge in [-0.2, -0.15) is 5.10 Å². The van der Waals surface area contributed by atoms with Crippen LogP contribution in [-0.2, 0) is 9.53 Å². The van der Waals surface area contributed by atoms with Gasteiger partial charge in [-0.05, 0) is 18.2 Å². The number of anilines is 1. The zero-order valence-electron chi connectivity index (χ0n) is 11.3. The minimum atomic E-state index is -0.485. The normalized spacial score (nSPS) is 18.4. The first-order valence-electron chi connectivity index (χ1n) is 6.67. The average Bonchev–Trinajstić information content (AvgIpc) is 2.96. The van der Waals surface area contributed by atoms with Crippen molar-refractivity contribution in [2.45, 2.75) is 6.10 Å². The van der Waals surface area contributed by atoms with Gasteiger partial charge < -0.3 is 15.4 Å². The lowest BCUT2D eigenvalue weighted by molar-refractivity contribution is -0.128. The number of nitrogens with zero attached hydrogens (tertiary/aromatic N) is 2. The zero-order chi connectivity index (χ0) is 14.7. The first kappa shape index (κ1) is 14.1. The minimum absolute atomic E-state index is 0.189. The number of carbonyl (C=O) groups excluding carboxylic acids is 1. The Labute approximate surface area is 127 Å². The van der Waals surface area contributed by atoms with E-state index < -0.39 is 6.10 Å². The Balaban J connectivity index is 1.78. The van der Waals surface area contributed by atoms with E-state index in [1.165, 1.54) is 0 Å². The summed E-state index contributed by atoms with van der Waals surface area (Å²) in [6.45, 7) is 1.81. The molecule has 2 heterocycles. The molecule has 3 rings (SSSR count). The van der Waals surface area contributed by atoms with Gasteiger partial charge in [-0.1, -0.05) is 17.7 Å². The summed E-state index contributed by atoms with van der Waals surface area (Å²) in [6, 6.07) is 9.00. The van der Waals surface area contributed by atoms with Gasteiger partial charge in [-0.3, -0.25) is 4.79 Å².